The van der Waals surface area contributed by atoms with E-state index in [0.717, 1.165) is 11.1 Å². The topological polar surface area (TPSA) is 71.8 Å². The standard InChI is InChI=1S/C18H12N4O/c23-15-7-1-6-14-18(15)22-17(13-5-3-9-20-11-13)16(21-14)12-4-2-8-19-10-12/h1-11,23H. The zero-order chi connectivity index (χ0) is 15.6. The third-order valence-corrected chi connectivity index (χ3v) is 3.54. The number of hydrogen-bond donors (Lipinski definition) is 1. The van der Waals surface area contributed by atoms with Gasteiger partial charge < -0.3 is 5.11 Å². The number of fused-ring (bicyclic) bond motifs is 1. The normalized spacial score (nSPS) is 10.8. The van der Waals surface area contributed by atoms with Crippen LogP contribution in [-0.4, -0.2) is 25.0 Å². The van der Waals surface area contributed by atoms with E-state index in [1.807, 2.05) is 30.3 Å². The third-order valence-electron chi connectivity index (χ3n) is 3.54. The maximum absolute atomic E-state index is 10.1. The van der Waals surface area contributed by atoms with Gasteiger partial charge in [-0.05, 0) is 36.4 Å². The number of benzene rings is 1. The lowest BCUT2D eigenvalue weighted by Crippen LogP contribution is -1.96. The first kappa shape index (κ1) is 13.3. The van der Waals surface area contributed by atoms with E-state index in [2.05, 4.69) is 15.0 Å². The van der Waals surface area contributed by atoms with Gasteiger partial charge in [0.15, 0.2) is 0 Å². The Morgan fingerprint density at radius 2 is 1.35 bits per heavy atom. The van der Waals surface area contributed by atoms with Crippen molar-refractivity contribution < 1.29 is 5.11 Å². The Morgan fingerprint density at radius 3 is 1.96 bits per heavy atom. The van der Waals surface area contributed by atoms with E-state index in [1.165, 1.54) is 0 Å². The Bertz CT molecular complexity index is 972. The maximum atomic E-state index is 10.1. The van der Waals surface area contributed by atoms with Gasteiger partial charge in [-0.1, -0.05) is 6.07 Å². The second-order valence-corrected chi connectivity index (χ2v) is 5.05. The SMILES string of the molecule is Oc1cccc2nc(-c3cccnc3)c(-c3cccnc3)nc12. The van der Waals surface area contributed by atoms with Crippen LogP contribution in [0.3, 0.4) is 0 Å². The zero-order valence-corrected chi connectivity index (χ0v) is 12.1. The molecule has 5 nitrogen and oxygen atoms in total. The second-order valence-electron chi connectivity index (χ2n) is 5.05. The van der Waals surface area contributed by atoms with Crippen LogP contribution in [0, 0.1) is 0 Å². The molecule has 0 radical (unpaired) electrons. The van der Waals surface area contributed by atoms with Crippen molar-refractivity contribution in [3.05, 3.63) is 67.3 Å². The average molecular weight is 300 g/mol. The van der Waals surface area contributed by atoms with E-state index in [4.69, 9.17) is 4.98 Å². The molecule has 0 atom stereocenters. The number of phenolic OH excluding ortho intramolecular Hbond substituents is 1. The monoisotopic (exact) mass is 300 g/mol. The van der Waals surface area contributed by atoms with Gasteiger partial charge >= 0.3 is 0 Å². The number of aromatic hydroxyl groups is 1. The Balaban J connectivity index is 2.07. The lowest BCUT2D eigenvalue weighted by Gasteiger charge is -2.10. The summed E-state index contributed by atoms with van der Waals surface area (Å²) in [5.41, 5.74) is 4.19. The van der Waals surface area contributed by atoms with Gasteiger partial charge in [-0.3, -0.25) is 9.97 Å². The van der Waals surface area contributed by atoms with Gasteiger partial charge in [-0.15, -0.1) is 0 Å². The molecule has 0 aliphatic carbocycles. The molecular weight excluding hydrogens is 288 g/mol. The molecule has 1 N–H and O–H groups in total. The van der Waals surface area contributed by atoms with Gasteiger partial charge in [0.25, 0.3) is 0 Å². The summed E-state index contributed by atoms with van der Waals surface area (Å²) in [4.78, 5) is 17.6. The van der Waals surface area contributed by atoms with Gasteiger partial charge in [0, 0.05) is 35.9 Å². The highest BCUT2D eigenvalue weighted by Crippen LogP contribution is 2.32. The summed E-state index contributed by atoms with van der Waals surface area (Å²) in [5.74, 6) is 0.109. The summed E-state index contributed by atoms with van der Waals surface area (Å²) in [5, 5.41) is 10.1. The van der Waals surface area contributed by atoms with Gasteiger partial charge in [0.1, 0.15) is 11.3 Å². The van der Waals surface area contributed by atoms with Crippen LogP contribution in [0.4, 0.5) is 0 Å². The summed E-state index contributed by atoms with van der Waals surface area (Å²) < 4.78 is 0. The molecule has 3 aromatic heterocycles. The minimum Gasteiger partial charge on any atom is -0.506 e. The molecule has 0 unspecified atom stereocenters. The molecule has 0 fully saturated rings. The van der Waals surface area contributed by atoms with Crippen LogP contribution in [0.5, 0.6) is 5.75 Å². The predicted molar refractivity (Wildman–Crippen MR) is 87.7 cm³/mol. The third kappa shape index (κ3) is 2.38. The predicted octanol–water partition coefficient (Wildman–Crippen LogP) is 3.46. The molecule has 1 aromatic carbocycles. The van der Waals surface area contributed by atoms with Crippen LogP contribution in [0.15, 0.2) is 67.3 Å². The summed E-state index contributed by atoms with van der Waals surface area (Å²) >= 11 is 0. The van der Waals surface area contributed by atoms with Crippen molar-refractivity contribution in [2.45, 2.75) is 0 Å². The molecule has 23 heavy (non-hydrogen) atoms. The summed E-state index contributed by atoms with van der Waals surface area (Å²) in [6, 6.07) is 12.7. The number of aromatic nitrogens is 4. The summed E-state index contributed by atoms with van der Waals surface area (Å²) in [6.07, 6.45) is 6.90. The number of nitrogens with zero attached hydrogens (tertiary/aromatic N) is 4. The molecule has 110 valence electrons. The summed E-state index contributed by atoms with van der Waals surface area (Å²) in [7, 11) is 0. The van der Waals surface area contributed by atoms with Gasteiger partial charge in [-0.2, -0.15) is 0 Å². The van der Waals surface area contributed by atoms with Gasteiger partial charge in [-0.25, -0.2) is 9.97 Å². The molecule has 5 heteroatoms. The number of rotatable bonds is 2. The number of hydrogen-bond acceptors (Lipinski definition) is 5. The lowest BCUT2D eigenvalue weighted by atomic mass is 10.1. The number of para-hydroxylation sites is 1. The van der Waals surface area contributed by atoms with E-state index < -0.39 is 0 Å². The van der Waals surface area contributed by atoms with Crippen molar-refractivity contribution in [2.75, 3.05) is 0 Å². The fraction of sp³-hybridized carbons (Fsp3) is 0. The van der Waals surface area contributed by atoms with Crippen LogP contribution >= 0.6 is 0 Å². The van der Waals surface area contributed by atoms with Crippen molar-refractivity contribution >= 4 is 11.0 Å². The van der Waals surface area contributed by atoms with Crippen molar-refractivity contribution in [3.8, 4) is 28.3 Å². The highest BCUT2D eigenvalue weighted by Gasteiger charge is 2.14. The highest BCUT2D eigenvalue weighted by atomic mass is 16.3. The minimum atomic E-state index is 0.109. The van der Waals surface area contributed by atoms with Crippen LogP contribution in [0.25, 0.3) is 33.5 Å². The Hall–Kier alpha value is -3.34. The van der Waals surface area contributed by atoms with E-state index in [0.29, 0.717) is 22.4 Å². The van der Waals surface area contributed by atoms with E-state index in [-0.39, 0.29) is 5.75 Å². The molecule has 4 rings (SSSR count). The van der Waals surface area contributed by atoms with Crippen molar-refractivity contribution in [1.29, 1.82) is 0 Å². The average Bonchev–Trinajstić information content (AvgIpc) is 2.63. The first-order valence-corrected chi connectivity index (χ1v) is 7.13. The quantitative estimate of drug-likeness (QED) is 0.614. The molecule has 0 bridgehead atoms. The lowest BCUT2D eigenvalue weighted by molar-refractivity contribution is 0.480. The first-order chi connectivity index (χ1) is 11.3. The molecule has 3 heterocycles. The molecule has 4 aromatic rings. The number of pyridine rings is 2. The summed E-state index contributed by atoms with van der Waals surface area (Å²) in [6.45, 7) is 0. The molecule has 0 aliphatic heterocycles. The van der Waals surface area contributed by atoms with Crippen LogP contribution in [-0.2, 0) is 0 Å². The Kier molecular flexibility index (Phi) is 3.16. The van der Waals surface area contributed by atoms with E-state index in [1.54, 1.807) is 36.9 Å². The van der Waals surface area contributed by atoms with Crippen LogP contribution in [0.1, 0.15) is 0 Å². The highest BCUT2D eigenvalue weighted by molar-refractivity contribution is 5.88. The fourth-order valence-corrected chi connectivity index (χ4v) is 2.47. The van der Waals surface area contributed by atoms with Crippen LogP contribution < -0.4 is 0 Å². The maximum Gasteiger partial charge on any atom is 0.143 e. The molecule has 0 aliphatic rings. The molecule has 0 spiro atoms. The molecule has 0 saturated carbocycles. The zero-order valence-electron chi connectivity index (χ0n) is 12.1. The van der Waals surface area contributed by atoms with Crippen LogP contribution in [0.2, 0.25) is 0 Å². The largest absolute Gasteiger partial charge is 0.506 e. The molecular formula is C18H12N4O. The Morgan fingerprint density at radius 1 is 0.696 bits per heavy atom. The smallest absolute Gasteiger partial charge is 0.143 e. The minimum absolute atomic E-state index is 0.109. The Labute approximate surface area is 132 Å². The van der Waals surface area contributed by atoms with Gasteiger partial charge in [0.2, 0.25) is 0 Å². The molecule has 0 saturated heterocycles. The van der Waals surface area contributed by atoms with Crippen molar-refractivity contribution in [1.82, 2.24) is 19.9 Å². The van der Waals surface area contributed by atoms with E-state index >= 15 is 0 Å². The van der Waals surface area contributed by atoms with E-state index in [9.17, 15) is 5.11 Å². The van der Waals surface area contributed by atoms with Gasteiger partial charge in [0.05, 0.1) is 16.9 Å². The van der Waals surface area contributed by atoms with Crippen molar-refractivity contribution in [3.63, 3.8) is 0 Å². The van der Waals surface area contributed by atoms with Crippen molar-refractivity contribution in [2.24, 2.45) is 0 Å². The first-order valence-electron chi connectivity index (χ1n) is 7.13. The second kappa shape index (κ2) is 5.46. The number of phenols is 1. The fourth-order valence-electron chi connectivity index (χ4n) is 2.47. The molecule has 0 amide bonds.